The zero-order valence-corrected chi connectivity index (χ0v) is 11.5. The zero-order valence-electron chi connectivity index (χ0n) is 11.5. The smallest absolute Gasteiger partial charge is 0.0699 e. The zero-order chi connectivity index (χ0) is 12.3. The van der Waals surface area contributed by atoms with E-state index in [2.05, 4.69) is 26.1 Å². The molecule has 3 unspecified atom stereocenters. The third-order valence-electron chi connectivity index (χ3n) is 4.41. The van der Waals surface area contributed by atoms with Crippen LogP contribution in [0.2, 0.25) is 0 Å². The van der Waals surface area contributed by atoms with Gasteiger partial charge in [0.1, 0.15) is 0 Å². The lowest BCUT2D eigenvalue weighted by molar-refractivity contribution is -0.117. The summed E-state index contributed by atoms with van der Waals surface area (Å²) in [5.74, 6) is 0. The van der Waals surface area contributed by atoms with Gasteiger partial charge in [-0.2, -0.15) is 0 Å². The van der Waals surface area contributed by atoms with Crippen molar-refractivity contribution in [3.63, 3.8) is 0 Å². The first-order chi connectivity index (χ1) is 8.14. The number of rotatable bonds is 5. The van der Waals surface area contributed by atoms with Crippen molar-refractivity contribution in [3.05, 3.63) is 0 Å². The quantitative estimate of drug-likeness (QED) is 0.801. The number of ether oxygens (including phenoxy) is 2. The van der Waals surface area contributed by atoms with Crippen LogP contribution in [0, 0.1) is 5.41 Å². The van der Waals surface area contributed by atoms with Crippen LogP contribution in [-0.4, -0.2) is 38.0 Å². The van der Waals surface area contributed by atoms with Crippen LogP contribution >= 0.6 is 0 Å². The lowest BCUT2D eigenvalue weighted by atomic mass is 9.64. The second-order valence-electron chi connectivity index (χ2n) is 5.95. The average molecular weight is 241 g/mol. The molecule has 100 valence electrons. The van der Waals surface area contributed by atoms with E-state index in [1.165, 1.54) is 19.3 Å². The minimum Gasteiger partial charge on any atom is -0.378 e. The second kappa shape index (κ2) is 5.68. The van der Waals surface area contributed by atoms with Crippen molar-refractivity contribution in [2.75, 3.05) is 19.8 Å². The Morgan fingerprint density at radius 3 is 2.76 bits per heavy atom. The highest BCUT2D eigenvalue weighted by atomic mass is 16.5. The van der Waals surface area contributed by atoms with Crippen molar-refractivity contribution in [3.8, 4) is 0 Å². The topological polar surface area (TPSA) is 30.5 Å². The van der Waals surface area contributed by atoms with Gasteiger partial charge in [0.15, 0.2) is 0 Å². The third-order valence-corrected chi connectivity index (χ3v) is 4.41. The molecule has 0 aromatic rings. The van der Waals surface area contributed by atoms with Crippen molar-refractivity contribution in [1.82, 2.24) is 5.32 Å². The molecular weight excluding hydrogens is 214 g/mol. The molecule has 1 N–H and O–H groups in total. The fourth-order valence-electron chi connectivity index (χ4n) is 2.96. The van der Waals surface area contributed by atoms with Gasteiger partial charge in [-0.25, -0.2) is 0 Å². The summed E-state index contributed by atoms with van der Waals surface area (Å²) in [5.41, 5.74) is 0.269. The van der Waals surface area contributed by atoms with Crippen molar-refractivity contribution < 1.29 is 9.47 Å². The highest BCUT2D eigenvalue weighted by Gasteiger charge is 2.48. The van der Waals surface area contributed by atoms with Crippen molar-refractivity contribution in [2.24, 2.45) is 5.41 Å². The van der Waals surface area contributed by atoms with Crippen LogP contribution in [0.1, 0.15) is 46.5 Å². The first kappa shape index (κ1) is 13.3. The fourth-order valence-corrected chi connectivity index (χ4v) is 2.96. The SMILES string of the molecule is CCOC1CC(NCC2CCCCO2)C1(C)C. The number of hydrogen-bond acceptors (Lipinski definition) is 3. The first-order valence-electron chi connectivity index (χ1n) is 7.11. The summed E-state index contributed by atoms with van der Waals surface area (Å²) in [6.07, 6.45) is 5.78. The van der Waals surface area contributed by atoms with Crippen molar-refractivity contribution >= 4 is 0 Å². The molecule has 0 bridgehead atoms. The first-order valence-corrected chi connectivity index (χ1v) is 7.11. The average Bonchev–Trinajstić information content (AvgIpc) is 2.34. The maximum Gasteiger partial charge on any atom is 0.0699 e. The molecule has 2 fully saturated rings. The fraction of sp³-hybridized carbons (Fsp3) is 1.00. The molecule has 1 aliphatic heterocycles. The maximum absolute atomic E-state index is 5.75. The molecule has 2 rings (SSSR count). The monoisotopic (exact) mass is 241 g/mol. The summed E-state index contributed by atoms with van der Waals surface area (Å²) in [5, 5.41) is 3.66. The molecule has 2 aliphatic rings. The molecule has 3 nitrogen and oxygen atoms in total. The molecule has 0 amide bonds. The third kappa shape index (κ3) is 3.01. The van der Waals surface area contributed by atoms with Crippen LogP contribution < -0.4 is 5.32 Å². The predicted octanol–water partition coefficient (Wildman–Crippen LogP) is 2.35. The molecule has 1 saturated heterocycles. The standard InChI is InChI=1S/C14H27NO2/c1-4-16-13-9-12(14(13,2)3)15-10-11-7-5-6-8-17-11/h11-13,15H,4-10H2,1-3H3. The van der Waals surface area contributed by atoms with Crippen LogP contribution in [0.25, 0.3) is 0 Å². The lowest BCUT2D eigenvalue weighted by Gasteiger charge is -2.52. The molecule has 17 heavy (non-hydrogen) atoms. The molecule has 3 heteroatoms. The van der Waals surface area contributed by atoms with Crippen LogP contribution in [0.15, 0.2) is 0 Å². The minimum atomic E-state index is 0.269. The summed E-state index contributed by atoms with van der Waals surface area (Å²) in [4.78, 5) is 0. The Bertz CT molecular complexity index is 236. The highest BCUT2D eigenvalue weighted by molar-refractivity contribution is 5.02. The van der Waals surface area contributed by atoms with E-state index in [4.69, 9.17) is 9.47 Å². The Balaban J connectivity index is 1.70. The molecule has 1 aliphatic carbocycles. The number of nitrogens with one attached hydrogen (secondary N) is 1. The van der Waals surface area contributed by atoms with Crippen molar-refractivity contribution in [1.29, 1.82) is 0 Å². The van der Waals surface area contributed by atoms with Crippen LogP contribution in [-0.2, 0) is 9.47 Å². The van der Waals surface area contributed by atoms with Crippen LogP contribution in [0.5, 0.6) is 0 Å². The van der Waals surface area contributed by atoms with Crippen LogP contribution in [0.3, 0.4) is 0 Å². The van der Waals surface area contributed by atoms with Gasteiger partial charge < -0.3 is 14.8 Å². The molecule has 0 aromatic carbocycles. The molecule has 0 spiro atoms. The maximum atomic E-state index is 5.75. The highest BCUT2D eigenvalue weighted by Crippen LogP contribution is 2.42. The summed E-state index contributed by atoms with van der Waals surface area (Å²) in [7, 11) is 0. The van der Waals surface area contributed by atoms with E-state index < -0.39 is 0 Å². The van der Waals surface area contributed by atoms with E-state index in [0.717, 1.165) is 26.2 Å². The van der Waals surface area contributed by atoms with E-state index in [1.54, 1.807) is 0 Å². The van der Waals surface area contributed by atoms with E-state index >= 15 is 0 Å². The largest absolute Gasteiger partial charge is 0.378 e. The van der Waals surface area contributed by atoms with Gasteiger partial charge >= 0.3 is 0 Å². The Kier molecular flexibility index (Phi) is 4.45. The summed E-state index contributed by atoms with van der Waals surface area (Å²) in [6.45, 7) is 9.46. The van der Waals surface area contributed by atoms with Gasteiger partial charge in [-0.1, -0.05) is 13.8 Å². The van der Waals surface area contributed by atoms with Gasteiger partial charge in [-0.15, -0.1) is 0 Å². The Labute approximate surface area is 105 Å². The van der Waals surface area contributed by atoms with Gasteiger partial charge in [0, 0.05) is 31.2 Å². The Morgan fingerprint density at radius 2 is 2.18 bits per heavy atom. The molecular formula is C14H27NO2. The van der Waals surface area contributed by atoms with E-state index in [0.29, 0.717) is 18.2 Å². The van der Waals surface area contributed by atoms with Gasteiger partial charge in [0.25, 0.3) is 0 Å². The van der Waals surface area contributed by atoms with E-state index in [-0.39, 0.29) is 5.41 Å². The number of hydrogen-bond donors (Lipinski definition) is 1. The van der Waals surface area contributed by atoms with E-state index in [9.17, 15) is 0 Å². The molecule has 0 aromatic heterocycles. The molecule has 1 heterocycles. The second-order valence-corrected chi connectivity index (χ2v) is 5.95. The lowest BCUT2D eigenvalue weighted by Crippen LogP contribution is -2.61. The Hall–Kier alpha value is -0.120. The van der Waals surface area contributed by atoms with E-state index in [1.807, 2.05) is 0 Å². The van der Waals surface area contributed by atoms with Gasteiger partial charge in [-0.3, -0.25) is 0 Å². The van der Waals surface area contributed by atoms with Gasteiger partial charge in [0.2, 0.25) is 0 Å². The summed E-state index contributed by atoms with van der Waals surface area (Å²) in [6, 6.07) is 0.588. The van der Waals surface area contributed by atoms with Gasteiger partial charge in [0.05, 0.1) is 12.2 Å². The normalized spacial score (nSPS) is 36.5. The minimum absolute atomic E-state index is 0.269. The molecule has 1 saturated carbocycles. The molecule has 3 atom stereocenters. The van der Waals surface area contributed by atoms with Crippen LogP contribution in [0.4, 0.5) is 0 Å². The Morgan fingerprint density at radius 1 is 1.35 bits per heavy atom. The van der Waals surface area contributed by atoms with Crippen molar-refractivity contribution in [2.45, 2.75) is 64.7 Å². The molecule has 0 radical (unpaired) electrons. The predicted molar refractivity (Wildman–Crippen MR) is 69.2 cm³/mol. The van der Waals surface area contributed by atoms with Gasteiger partial charge in [-0.05, 0) is 32.6 Å². The summed E-state index contributed by atoms with van der Waals surface area (Å²) >= 11 is 0. The summed E-state index contributed by atoms with van der Waals surface area (Å²) < 4.78 is 11.5.